The van der Waals surface area contributed by atoms with E-state index >= 15 is 0 Å². The van der Waals surface area contributed by atoms with Crippen molar-refractivity contribution >= 4 is 17.5 Å². The Kier molecular flexibility index (Phi) is 6.64. The third-order valence-corrected chi connectivity index (χ3v) is 5.85. The summed E-state index contributed by atoms with van der Waals surface area (Å²) in [5.74, 6) is 1.92. The van der Waals surface area contributed by atoms with Crippen LogP contribution >= 0.6 is 0 Å². The third-order valence-electron chi connectivity index (χ3n) is 5.85. The van der Waals surface area contributed by atoms with Gasteiger partial charge in [-0.05, 0) is 37.1 Å². The molecule has 1 N–H and O–H groups in total. The molecule has 2 aliphatic rings. The van der Waals surface area contributed by atoms with Gasteiger partial charge in [0, 0.05) is 43.9 Å². The Morgan fingerprint density at radius 1 is 0.900 bits per heavy atom. The van der Waals surface area contributed by atoms with Crippen molar-refractivity contribution in [1.29, 1.82) is 0 Å². The number of hydrogen-bond acceptors (Lipinski definition) is 4. The average molecular weight is 408 g/mol. The second-order valence-corrected chi connectivity index (χ2v) is 8.07. The lowest BCUT2D eigenvalue weighted by Crippen LogP contribution is -2.51. The summed E-state index contributed by atoms with van der Waals surface area (Å²) < 4.78 is 5.83. The van der Waals surface area contributed by atoms with E-state index in [1.54, 1.807) is 0 Å². The van der Waals surface area contributed by atoms with E-state index in [0.29, 0.717) is 37.0 Å². The number of para-hydroxylation sites is 1. The van der Waals surface area contributed by atoms with Gasteiger partial charge < -0.3 is 15.0 Å². The molecule has 30 heavy (non-hydrogen) atoms. The summed E-state index contributed by atoms with van der Waals surface area (Å²) in [6.45, 7) is 3.23. The standard InChI is InChI=1S/C24H29N3O3/c28-23(18-26-13-15-27(16-14-26)24(29)19-7-4-5-8-19)25-20-9-6-12-22(17-20)30-21-10-2-1-3-11-21/h1-3,6,9-12,17,19H,4-5,7-8,13-16,18H2,(H,25,28). The molecule has 158 valence electrons. The Morgan fingerprint density at radius 3 is 2.33 bits per heavy atom. The summed E-state index contributed by atoms with van der Waals surface area (Å²) in [7, 11) is 0. The van der Waals surface area contributed by atoms with E-state index in [2.05, 4.69) is 10.2 Å². The van der Waals surface area contributed by atoms with Crippen molar-refractivity contribution in [2.75, 3.05) is 38.0 Å². The summed E-state index contributed by atoms with van der Waals surface area (Å²) in [5.41, 5.74) is 0.712. The minimum Gasteiger partial charge on any atom is -0.457 e. The molecule has 1 saturated carbocycles. The van der Waals surface area contributed by atoms with Crippen LogP contribution in [-0.4, -0.2) is 54.3 Å². The fourth-order valence-electron chi connectivity index (χ4n) is 4.22. The zero-order valence-electron chi connectivity index (χ0n) is 17.3. The predicted molar refractivity (Wildman–Crippen MR) is 117 cm³/mol. The summed E-state index contributed by atoms with van der Waals surface area (Å²) >= 11 is 0. The van der Waals surface area contributed by atoms with E-state index in [1.807, 2.05) is 59.5 Å². The van der Waals surface area contributed by atoms with Crippen LogP contribution in [0, 0.1) is 5.92 Å². The Morgan fingerprint density at radius 2 is 1.60 bits per heavy atom. The lowest BCUT2D eigenvalue weighted by atomic mass is 10.1. The van der Waals surface area contributed by atoms with Gasteiger partial charge in [0.2, 0.25) is 11.8 Å². The number of nitrogens with zero attached hydrogens (tertiary/aromatic N) is 2. The third kappa shape index (κ3) is 5.39. The first-order valence-electron chi connectivity index (χ1n) is 10.8. The van der Waals surface area contributed by atoms with Gasteiger partial charge in [0.15, 0.2) is 0 Å². The van der Waals surface area contributed by atoms with Crippen LogP contribution in [0.1, 0.15) is 25.7 Å². The van der Waals surface area contributed by atoms with Gasteiger partial charge in [-0.1, -0.05) is 37.1 Å². The smallest absolute Gasteiger partial charge is 0.238 e. The summed E-state index contributed by atoms with van der Waals surface area (Å²) in [4.78, 5) is 29.1. The highest BCUT2D eigenvalue weighted by molar-refractivity contribution is 5.92. The highest BCUT2D eigenvalue weighted by Crippen LogP contribution is 2.27. The van der Waals surface area contributed by atoms with Crippen molar-refractivity contribution in [2.45, 2.75) is 25.7 Å². The molecule has 2 fully saturated rings. The fraction of sp³-hybridized carbons (Fsp3) is 0.417. The van der Waals surface area contributed by atoms with Crippen molar-refractivity contribution in [3.05, 3.63) is 54.6 Å². The van der Waals surface area contributed by atoms with Gasteiger partial charge in [-0.25, -0.2) is 0 Å². The van der Waals surface area contributed by atoms with Crippen LogP contribution in [0.15, 0.2) is 54.6 Å². The molecular weight excluding hydrogens is 378 g/mol. The number of rotatable bonds is 6. The Hall–Kier alpha value is -2.86. The molecule has 0 atom stereocenters. The number of benzene rings is 2. The molecule has 1 aliphatic heterocycles. The number of piperazine rings is 1. The molecule has 6 nitrogen and oxygen atoms in total. The zero-order chi connectivity index (χ0) is 20.8. The maximum atomic E-state index is 12.5. The van der Waals surface area contributed by atoms with E-state index in [1.165, 1.54) is 12.8 Å². The van der Waals surface area contributed by atoms with E-state index in [-0.39, 0.29) is 11.8 Å². The molecule has 2 amide bonds. The second-order valence-electron chi connectivity index (χ2n) is 8.07. The van der Waals surface area contributed by atoms with Crippen molar-refractivity contribution in [2.24, 2.45) is 5.92 Å². The highest BCUT2D eigenvalue weighted by atomic mass is 16.5. The van der Waals surface area contributed by atoms with Crippen LogP contribution in [-0.2, 0) is 9.59 Å². The van der Waals surface area contributed by atoms with Crippen LogP contribution < -0.4 is 10.1 Å². The van der Waals surface area contributed by atoms with Gasteiger partial charge in [0.1, 0.15) is 11.5 Å². The van der Waals surface area contributed by atoms with E-state index < -0.39 is 0 Å². The second kappa shape index (κ2) is 9.76. The van der Waals surface area contributed by atoms with Crippen LogP contribution in [0.4, 0.5) is 5.69 Å². The number of anilines is 1. The minimum absolute atomic E-state index is 0.0533. The van der Waals surface area contributed by atoms with E-state index in [0.717, 1.165) is 31.7 Å². The predicted octanol–water partition coefficient (Wildman–Crippen LogP) is 3.75. The minimum atomic E-state index is -0.0533. The number of carbonyl (C=O) groups excluding carboxylic acids is 2. The van der Waals surface area contributed by atoms with Gasteiger partial charge in [-0.2, -0.15) is 0 Å². The van der Waals surface area contributed by atoms with Crippen LogP contribution in [0.3, 0.4) is 0 Å². The zero-order valence-corrected chi connectivity index (χ0v) is 17.3. The summed E-state index contributed by atoms with van der Waals surface area (Å²) in [6, 6.07) is 17.0. The van der Waals surface area contributed by atoms with E-state index in [9.17, 15) is 9.59 Å². The maximum absolute atomic E-state index is 12.5. The first-order valence-corrected chi connectivity index (χ1v) is 10.8. The topological polar surface area (TPSA) is 61.9 Å². The molecule has 0 bridgehead atoms. The molecule has 6 heteroatoms. The van der Waals surface area contributed by atoms with Crippen LogP contribution in [0.25, 0.3) is 0 Å². The molecule has 0 aromatic heterocycles. The summed E-state index contributed by atoms with van der Waals surface area (Å²) in [5, 5.41) is 2.95. The Balaban J connectivity index is 1.24. The number of amides is 2. The molecule has 2 aromatic carbocycles. The molecule has 4 rings (SSSR count). The molecular formula is C24H29N3O3. The fourth-order valence-corrected chi connectivity index (χ4v) is 4.22. The molecule has 0 unspecified atom stereocenters. The van der Waals surface area contributed by atoms with E-state index in [4.69, 9.17) is 4.74 Å². The number of hydrogen-bond donors (Lipinski definition) is 1. The molecule has 1 aliphatic carbocycles. The average Bonchev–Trinajstić information content (AvgIpc) is 3.30. The van der Waals surface area contributed by atoms with Gasteiger partial charge in [0.05, 0.1) is 6.54 Å². The monoisotopic (exact) mass is 407 g/mol. The molecule has 1 saturated heterocycles. The normalized spacial score (nSPS) is 17.7. The number of nitrogens with one attached hydrogen (secondary N) is 1. The van der Waals surface area contributed by atoms with Crippen molar-refractivity contribution in [3.8, 4) is 11.5 Å². The van der Waals surface area contributed by atoms with Crippen LogP contribution in [0.2, 0.25) is 0 Å². The molecule has 0 spiro atoms. The molecule has 0 radical (unpaired) electrons. The lowest BCUT2D eigenvalue weighted by Gasteiger charge is -2.35. The quantitative estimate of drug-likeness (QED) is 0.792. The maximum Gasteiger partial charge on any atom is 0.238 e. The molecule has 2 aromatic rings. The molecule has 1 heterocycles. The number of ether oxygens (including phenoxy) is 1. The number of carbonyl (C=O) groups is 2. The van der Waals surface area contributed by atoms with Gasteiger partial charge in [0.25, 0.3) is 0 Å². The highest BCUT2D eigenvalue weighted by Gasteiger charge is 2.29. The first kappa shape index (κ1) is 20.4. The van der Waals surface area contributed by atoms with Crippen molar-refractivity contribution in [3.63, 3.8) is 0 Å². The van der Waals surface area contributed by atoms with Gasteiger partial charge in [-0.3, -0.25) is 14.5 Å². The first-order chi connectivity index (χ1) is 14.7. The van der Waals surface area contributed by atoms with Crippen LogP contribution in [0.5, 0.6) is 11.5 Å². The van der Waals surface area contributed by atoms with Crippen molar-refractivity contribution in [1.82, 2.24) is 9.80 Å². The largest absolute Gasteiger partial charge is 0.457 e. The lowest BCUT2D eigenvalue weighted by molar-refractivity contribution is -0.137. The Bertz CT molecular complexity index is 857. The Labute approximate surface area is 177 Å². The van der Waals surface area contributed by atoms with Gasteiger partial charge in [-0.15, -0.1) is 0 Å². The van der Waals surface area contributed by atoms with Crippen molar-refractivity contribution < 1.29 is 14.3 Å². The summed E-state index contributed by atoms with van der Waals surface area (Å²) in [6.07, 6.45) is 4.42. The van der Waals surface area contributed by atoms with Gasteiger partial charge >= 0.3 is 0 Å². The SMILES string of the molecule is O=C(CN1CCN(C(=O)C2CCCC2)CC1)Nc1cccc(Oc2ccccc2)c1.